The van der Waals surface area contributed by atoms with Crippen LogP contribution in [-0.4, -0.2) is 13.0 Å². The van der Waals surface area contributed by atoms with Crippen molar-refractivity contribution in [3.05, 3.63) is 65.7 Å². The Morgan fingerprint density at radius 1 is 1.15 bits per heavy atom. The maximum atomic E-state index is 13.5. The number of anilines is 1. The molecule has 0 spiro atoms. The minimum Gasteiger partial charge on any atom is -0.367 e. The molecule has 5 heteroatoms. The van der Waals surface area contributed by atoms with Gasteiger partial charge in [-0.2, -0.15) is 0 Å². The molecule has 0 aromatic heterocycles. The van der Waals surface area contributed by atoms with E-state index in [4.69, 9.17) is 4.74 Å². The molecule has 1 atom stereocenters. The molecule has 1 amide bonds. The number of ether oxygens (including phenoxy) is 1. The van der Waals surface area contributed by atoms with Crippen LogP contribution in [0.3, 0.4) is 0 Å². The molecule has 0 unspecified atom stereocenters. The number of methoxy groups -OCH3 is 1. The zero-order chi connectivity index (χ0) is 14.5. The molecule has 20 heavy (non-hydrogen) atoms. The summed E-state index contributed by atoms with van der Waals surface area (Å²) < 4.78 is 31.4. The molecule has 104 valence electrons. The van der Waals surface area contributed by atoms with E-state index in [-0.39, 0.29) is 5.69 Å². The van der Waals surface area contributed by atoms with Gasteiger partial charge in [0.05, 0.1) is 5.69 Å². The molecule has 2 aromatic rings. The van der Waals surface area contributed by atoms with Gasteiger partial charge in [0.2, 0.25) is 0 Å². The topological polar surface area (TPSA) is 38.3 Å². The molecule has 0 saturated heterocycles. The molecule has 2 rings (SSSR count). The first-order chi connectivity index (χ1) is 9.61. The summed E-state index contributed by atoms with van der Waals surface area (Å²) in [5.74, 6) is -2.06. The summed E-state index contributed by atoms with van der Waals surface area (Å²) >= 11 is 0. The van der Waals surface area contributed by atoms with Crippen molar-refractivity contribution in [3.8, 4) is 0 Å². The van der Waals surface area contributed by atoms with E-state index in [1.165, 1.54) is 13.2 Å². The lowest BCUT2D eigenvalue weighted by Gasteiger charge is -2.15. The molecule has 1 N–H and O–H groups in total. The molecule has 0 saturated carbocycles. The Kier molecular flexibility index (Phi) is 4.42. The third-order valence-electron chi connectivity index (χ3n) is 2.77. The van der Waals surface area contributed by atoms with Gasteiger partial charge >= 0.3 is 0 Å². The molecule has 0 aliphatic heterocycles. The fourth-order valence-electron chi connectivity index (χ4n) is 1.81. The average Bonchev–Trinajstić information content (AvgIpc) is 2.44. The van der Waals surface area contributed by atoms with E-state index >= 15 is 0 Å². The summed E-state index contributed by atoms with van der Waals surface area (Å²) in [5, 5.41) is 2.38. The van der Waals surface area contributed by atoms with Crippen LogP contribution in [0, 0.1) is 11.6 Å². The minimum absolute atomic E-state index is 0.0885. The van der Waals surface area contributed by atoms with Gasteiger partial charge in [-0.15, -0.1) is 0 Å². The fraction of sp³-hybridized carbons (Fsp3) is 0.133. The van der Waals surface area contributed by atoms with Gasteiger partial charge in [0.15, 0.2) is 6.10 Å². The predicted octanol–water partition coefficient (Wildman–Crippen LogP) is 3.29. The van der Waals surface area contributed by atoms with Crippen LogP contribution in [0.5, 0.6) is 0 Å². The molecule has 3 nitrogen and oxygen atoms in total. The smallest absolute Gasteiger partial charge is 0.258 e. The standard InChI is InChI=1S/C15H13F2NO2/c1-20-14(10-5-3-2-4-6-10)15(19)18-13-8-7-11(16)9-12(13)17/h2-9,14H,1H3,(H,18,19)/t14-/m1/s1. The summed E-state index contributed by atoms with van der Waals surface area (Å²) in [4.78, 5) is 12.1. The van der Waals surface area contributed by atoms with Crippen molar-refractivity contribution in [2.24, 2.45) is 0 Å². The molecule has 0 bridgehead atoms. The second kappa shape index (κ2) is 6.25. The quantitative estimate of drug-likeness (QED) is 0.931. The number of benzene rings is 2. The van der Waals surface area contributed by atoms with Gasteiger partial charge in [-0.1, -0.05) is 30.3 Å². The summed E-state index contributed by atoms with van der Waals surface area (Å²) in [7, 11) is 1.39. The maximum absolute atomic E-state index is 13.5. The van der Waals surface area contributed by atoms with Crippen molar-refractivity contribution in [1.29, 1.82) is 0 Å². The van der Waals surface area contributed by atoms with E-state index in [0.717, 1.165) is 6.07 Å². The Hall–Kier alpha value is -2.27. The number of hydrogen-bond acceptors (Lipinski definition) is 2. The SMILES string of the molecule is CO[C@@H](C(=O)Nc1ccc(F)cc1F)c1ccccc1. The molecule has 0 radical (unpaired) electrons. The Labute approximate surface area is 115 Å². The Balaban J connectivity index is 2.18. The third kappa shape index (κ3) is 3.19. The monoisotopic (exact) mass is 277 g/mol. The van der Waals surface area contributed by atoms with Crippen molar-refractivity contribution < 1.29 is 18.3 Å². The highest BCUT2D eigenvalue weighted by Gasteiger charge is 2.20. The van der Waals surface area contributed by atoms with Crippen molar-refractivity contribution in [1.82, 2.24) is 0 Å². The first-order valence-electron chi connectivity index (χ1n) is 5.95. The summed E-state index contributed by atoms with van der Waals surface area (Å²) in [6.07, 6.45) is -0.861. The van der Waals surface area contributed by atoms with Gasteiger partial charge in [-0.3, -0.25) is 4.79 Å². The van der Waals surface area contributed by atoms with Crippen molar-refractivity contribution in [2.75, 3.05) is 12.4 Å². The molecule has 0 heterocycles. The van der Waals surface area contributed by atoms with Gasteiger partial charge in [0, 0.05) is 13.2 Å². The zero-order valence-corrected chi connectivity index (χ0v) is 10.8. The summed E-state index contributed by atoms with van der Waals surface area (Å²) in [6.45, 7) is 0. The number of amides is 1. The lowest BCUT2D eigenvalue weighted by atomic mass is 10.1. The van der Waals surface area contributed by atoms with Crippen molar-refractivity contribution in [3.63, 3.8) is 0 Å². The predicted molar refractivity (Wildman–Crippen MR) is 71.2 cm³/mol. The van der Waals surface area contributed by atoms with E-state index in [1.54, 1.807) is 24.3 Å². The van der Waals surface area contributed by atoms with E-state index in [1.807, 2.05) is 6.07 Å². The Morgan fingerprint density at radius 3 is 2.45 bits per heavy atom. The number of carbonyl (C=O) groups is 1. The maximum Gasteiger partial charge on any atom is 0.258 e. The van der Waals surface area contributed by atoms with Gasteiger partial charge in [0.25, 0.3) is 5.91 Å². The van der Waals surface area contributed by atoms with Gasteiger partial charge < -0.3 is 10.1 Å². The van der Waals surface area contributed by atoms with Crippen LogP contribution in [0.15, 0.2) is 48.5 Å². The fourth-order valence-corrected chi connectivity index (χ4v) is 1.81. The van der Waals surface area contributed by atoms with Crippen LogP contribution in [0.4, 0.5) is 14.5 Å². The van der Waals surface area contributed by atoms with Gasteiger partial charge in [0.1, 0.15) is 11.6 Å². The van der Waals surface area contributed by atoms with E-state index in [2.05, 4.69) is 5.32 Å². The summed E-state index contributed by atoms with van der Waals surface area (Å²) in [6, 6.07) is 11.8. The molecule has 0 aliphatic carbocycles. The van der Waals surface area contributed by atoms with Crippen LogP contribution >= 0.6 is 0 Å². The van der Waals surface area contributed by atoms with Crippen LogP contribution in [0.2, 0.25) is 0 Å². The minimum atomic E-state index is -0.861. The highest BCUT2D eigenvalue weighted by molar-refractivity contribution is 5.94. The Bertz CT molecular complexity index is 602. The van der Waals surface area contributed by atoms with Gasteiger partial charge in [-0.05, 0) is 17.7 Å². The highest BCUT2D eigenvalue weighted by atomic mass is 19.1. The van der Waals surface area contributed by atoms with E-state index in [0.29, 0.717) is 11.6 Å². The third-order valence-corrected chi connectivity index (χ3v) is 2.77. The average molecular weight is 277 g/mol. The summed E-state index contributed by atoms with van der Waals surface area (Å²) in [5.41, 5.74) is 0.560. The number of halogens is 2. The lowest BCUT2D eigenvalue weighted by Crippen LogP contribution is -2.23. The number of nitrogens with one attached hydrogen (secondary N) is 1. The van der Waals surface area contributed by atoms with E-state index < -0.39 is 23.6 Å². The number of hydrogen-bond donors (Lipinski definition) is 1. The van der Waals surface area contributed by atoms with Gasteiger partial charge in [-0.25, -0.2) is 8.78 Å². The lowest BCUT2D eigenvalue weighted by molar-refractivity contribution is -0.126. The highest BCUT2D eigenvalue weighted by Crippen LogP contribution is 2.21. The second-order valence-electron chi connectivity index (χ2n) is 4.14. The van der Waals surface area contributed by atoms with E-state index in [9.17, 15) is 13.6 Å². The molecule has 0 aliphatic rings. The van der Waals surface area contributed by atoms with Crippen molar-refractivity contribution in [2.45, 2.75) is 6.10 Å². The number of rotatable bonds is 4. The zero-order valence-electron chi connectivity index (χ0n) is 10.8. The van der Waals surface area contributed by atoms with Crippen LogP contribution in [0.25, 0.3) is 0 Å². The normalized spacial score (nSPS) is 11.9. The molecular weight excluding hydrogens is 264 g/mol. The largest absolute Gasteiger partial charge is 0.367 e. The molecule has 2 aromatic carbocycles. The number of carbonyl (C=O) groups excluding carboxylic acids is 1. The molecular formula is C15H13F2NO2. The first kappa shape index (κ1) is 14.1. The first-order valence-corrected chi connectivity index (χ1v) is 5.95. The van der Waals surface area contributed by atoms with Crippen LogP contribution < -0.4 is 5.32 Å². The van der Waals surface area contributed by atoms with Crippen LogP contribution in [0.1, 0.15) is 11.7 Å². The molecule has 0 fully saturated rings. The second-order valence-corrected chi connectivity index (χ2v) is 4.14. The van der Waals surface area contributed by atoms with Crippen LogP contribution in [-0.2, 0) is 9.53 Å². The van der Waals surface area contributed by atoms with Crippen molar-refractivity contribution >= 4 is 11.6 Å². The Morgan fingerprint density at radius 2 is 1.85 bits per heavy atom.